The molecule has 5 nitrogen and oxygen atoms in total. The molecular weight excluding hydrogens is 492 g/mol. The van der Waals surface area contributed by atoms with Crippen LogP contribution in [-0.2, 0) is 13.9 Å². The van der Waals surface area contributed by atoms with Crippen LogP contribution in [0.5, 0.6) is 5.75 Å². The highest BCUT2D eigenvalue weighted by atomic mass is 28.4. The van der Waals surface area contributed by atoms with Gasteiger partial charge in [-0.15, -0.1) is 11.8 Å². The van der Waals surface area contributed by atoms with E-state index in [1.807, 2.05) is 24.3 Å². The van der Waals surface area contributed by atoms with Gasteiger partial charge in [-0.25, -0.2) is 0 Å². The lowest BCUT2D eigenvalue weighted by Crippen LogP contribution is -2.54. The van der Waals surface area contributed by atoms with E-state index >= 15 is 0 Å². The maximum atomic E-state index is 10.4. The van der Waals surface area contributed by atoms with Gasteiger partial charge in [-0.3, -0.25) is 0 Å². The van der Waals surface area contributed by atoms with Gasteiger partial charge in [-0.2, -0.15) is 0 Å². The Balaban J connectivity index is 2.16. The zero-order valence-corrected chi connectivity index (χ0v) is 26.6. The quantitative estimate of drug-likeness (QED) is 0.154. The van der Waals surface area contributed by atoms with E-state index in [1.165, 1.54) is 25.7 Å². The average Bonchev–Trinajstić information content (AvgIpc) is 2.85. The van der Waals surface area contributed by atoms with Crippen molar-refractivity contribution in [2.24, 2.45) is 5.41 Å². The van der Waals surface area contributed by atoms with Crippen LogP contribution in [0.1, 0.15) is 105 Å². The van der Waals surface area contributed by atoms with Crippen molar-refractivity contribution in [2.45, 2.75) is 136 Å². The molecule has 1 saturated heterocycles. The van der Waals surface area contributed by atoms with Crippen LogP contribution in [0.15, 0.2) is 24.3 Å². The van der Waals surface area contributed by atoms with Gasteiger partial charge >= 0.3 is 0 Å². The first-order valence-electron chi connectivity index (χ1n) is 14.5. The third-order valence-corrected chi connectivity index (χ3v) is 12.5. The number of hydrogen-bond acceptors (Lipinski definition) is 5. The van der Waals surface area contributed by atoms with Crippen molar-refractivity contribution in [1.29, 1.82) is 0 Å². The maximum Gasteiger partial charge on any atom is 0.192 e. The molecule has 1 aromatic carbocycles. The molecule has 0 unspecified atom stereocenters. The van der Waals surface area contributed by atoms with Gasteiger partial charge in [0.25, 0.3) is 0 Å². The fourth-order valence-electron chi connectivity index (χ4n) is 4.47. The molecule has 0 spiro atoms. The number of benzene rings is 1. The molecule has 0 aliphatic carbocycles. The van der Waals surface area contributed by atoms with E-state index in [0.29, 0.717) is 19.4 Å². The van der Waals surface area contributed by atoms with Crippen molar-refractivity contribution < 1.29 is 23.7 Å². The zero-order chi connectivity index (χ0) is 28.4. The highest BCUT2D eigenvalue weighted by molar-refractivity contribution is 6.74. The summed E-state index contributed by atoms with van der Waals surface area (Å²) in [5, 5.41) is 10.5. The Morgan fingerprint density at radius 2 is 1.68 bits per heavy atom. The Kier molecular flexibility index (Phi) is 12.8. The van der Waals surface area contributed by atoms with E-state index in [9.17, 15) is 5.11 Å². The lowest BCUT2D eigenvalue weighted by molar-refractivity contribution is -0.282. The minimum Gasteiger partial charge on any atom is -0.497 e. The molecular formula is C32H54O5Si. The molecule has 38 heavy (non-hydrogen) atoms. The summed E-state index contributed by atoms with van der Waals surface area (Å²) in [6, 6.07) is 7.85. The number of hydrogen-bond donors (Lipinski definition) is 1. The first kappa shape index (κ1) is 32.8. The van der Waals surface area contributed by atoms with Gasteiger partial charge in [-0.1, -0.05) is 85.8 Å². The van der Waals surface area contributed by atoms with Gasteiger partial charge < -0.3 is 23.7 Å². The van der Waals surface area contributed by atoms with Crippen LogP contribution in [0.2, 0.25) is 18.1 Å². The minimum atomic E-state index is -2.09. The van der Waals surface area contributed by atoms with Gasteiger partial charge in [0, 0.05) is 23.8 Å². The summed E-state index contributed by atoms with van der Waals surface area (Å²) in [5.74, 6) is 7.41. The molecule has 1 aliphatic rings. The highest BCUT2D eigenvalue weighted by Crippen LogP contribution is 2.43. The van der Waals surface area contributed by atoms with Gasteiger partial charge in [0.15, 0.2) is 14.6 Å². The molecule has 0 radical (unpaired) electrons. The zero-order valence-electron chi connectivity index (χ0n) is 25.6. The van der Waals surface area contributed by atoms with Crippen molar-refractivity contribution in [3.05, 3.63) is 29.8 Å². The topological polar surface area (TPSA) is 57.2 Å². The van der Waals surface area contributed by atoms with Gasteiger partial charge in [0.05, 0.1) is 32.0 Å². The number of methoxy groups -OCH3 is 1. The summed E-state index contributed by atoms with van der Waals surface area (Å²) in [4.78, 5) is 0. The Hall–Kier alpha value is -1.36. The number of aliphatic hydroxyl groups excluding tert-OH is 1. The molecule has 1 heterocycles. The van der Waals surface area contributed by atoms with E-state index in [2.05, 4.69) is 66.5 Å². The molecule has 1 N–H and O–H groups in total. The average molecular weight is 547 g/mol. The monoisotopic (exact) mass is 546 g/mol. The molecule has 1 aromatic rings. The molecule has 2 rings (SSSR count). The van der Waals surface area contributed by atoms with Crippen LogP contribution in [0.3, 0.4) is 0 Å². The second kappa shape index (κ2) is 14.9. The van der Waals surface area contributed by atoms with Crippen molar-refractivity contribution in [2.75, 3.05) is 13.7 Å². The molecule has 0 saturated carbocycles. The van der Waals surface area contributed by atoms with Crippen LogP contribution >= 0.6 is 0 Å². The molecule has 1 fully saturated rings. The van der Waals surface area contributed by atoms with Crippen LogP contribution in [-0.4, -0.2) is 45.5 Å². The maximum absolute atomic E-state index is 10.4. The van der Waals surface area contributed by atoms with Gasteiger partial charge in [-0.05, 0) is 36.7 Å². The SMILES string of the molecule is CCCCCCC[C@@H](O)CC#CC[C@@H](O[Si](C)(C)C(C)(C)C)[C@@H]1O[C@H](c2ccc(OC)cc2)OCC1(C)C. The number of aliphatic hydroxyl groups is 1. The van der Waals surface area contributed by atoms with Crippen LogP contribution < -0.4 is 4.74 Å². The van der Waals surface area contributed by atoms with Crippen LogP contribution in [0, 0.1) is 17.3 Å². The van der Waals surface area contributed by atoms with E-state index in [0.717, 1.165) is 24.2 Å². The number of unbranched alkanes of at least 4 members (excludes halogenated alkanes) is 4. The smallest absolute Gasteiger partial charge is 0.192 e. The second-order valence-electron chi connectivity index (χ2n) is 13.0. The lowest BCUT2D eigenvalue weighted by atomic mass is 9.82. The van der Waals surface area contributed by atoms with E-state index in [-0.39, 0.29) is 28.8 Å². The highest BCUT2D eigenvalue weighted by Gasteiger charge is 2.47. The summed E-state index contributed by atoms with van der Waals surface area (Å²) in [7, 11) is -0.429. The summed E-state index contributed by atoms with van der Waals surface area (Å²) < 4.78 is 25.1. The van der Waals surface area contributed by atoms with E-state index in [1.54, 1.807) is 7.11 Å². The summed E-state index contributed by atoms with van der Waals surface area (Å²) in [6.07, 6.45) is 6.71. The van der Waals surface area contributed by atoms with Gasteiger partial charge in [0.1, 0.15) is 5.75 Å². The van der Waals surface area contributed by atoms with Crippen LogP contribution in [0.4, 0.5) is 0 Å². The molecule has 0 bridgehead atoms. The van der Waals surface area contributed by atoms with Gasteiger partial charge in [0.2, 0.25) is 0 Å². The minimum absolute atomic E-state index is 0.0668. The Labute approximate surface area is 234 Å². The predicted octanol–water partition coefficient (Wildman–Crippen LogP) is 8.03. The molecule has 4 atom stereocenters. The van der Waals surface area contributed by atoms with E-state index in [4.69, 9.17) is 18.6 Å². The predicted molar refractivity (Wildman–Crippen MR) is 159 cm³/mol. The van der Waals surface area contributed by atoms with Crippen molar-refractivity contribution in [3.8, 4) is 17.6 Å². The Morgan fingerprint density at radius 1 is 1.05 bits per heavy atom. The molecule has 216 valence electrons. The normalized spacial score (nSPS) is 21.3. The third kappa shape index (κ3) is 9.99. The summed E-state index contributed by atoms with van der Waals surface area (Å²) in [6.45, 7) is 18.5. The van der Waals surface area contributed by atoms with Crippen molar-refractivity contribution in [1.82, 2.24) is 0 Å². The first-order valence-corrected chi connectivity index (χ1v) is 17.4. The molecule has 1 aliphatic heterocycles. The van der Waals surface area contributed by atoms with Crippen molar-refractivity contribution in [3.63, 3.8) is 0 Å². The fraction of sp³-hybridized carbons (Fsp3) is 0.750. The Morgan fingerprint density at radius 3 is 2.29 bits per heavy atom. The standard InChI is InChI=1S/C32H54O5Si/c1-10-11-12-13-14-17-26(33)18-15-16-19-28(37-38(8,9)31(2,3)4)29-32(5,6)24-35-30(36-29)25-20-22-27(34-7)23-21-25/h20-23,26,28-30,33H,10-14,17-19,24H2,1-9H3/t26-,28-,29+,30-/m1/s1. The molecule has 0 aromatic heterocycles. The first-order chi connectivity index (χ1) is 17.8. The number of ether oxygens (including phenoxy) is 3. The lowest BCUT2D eigenvalue weighted by Gasteiger charge is -2.48. The molecule has 6 heteroatoms. The largest absolute Gasteiger partial charge is 0.497 e. The summed E-state index contributed by atoms with van der Waals surface area (Å²) >= 11 is 0. The fourth-order valence-corrected chi connectivity index (χ4v) is 5.79. The number of rotatable bonds is 13. The van der Waals surface area contributed by atoms with Crippen LogP contribution in [0.25, 0.3) is 0 Å². The van der Waals surface area contributed by atoms with Crippen molar-refractivity contribution >= 4 is 8.32 Å². The molecule has 0 amide bonds. The Bertz CT molecular complexity index is 878. The van der Waals surface area contributed by atoms with E-state index < -0.39 is 14.6 Å². The summed E-state index contributed by atoms with van der Waals surface area (Å²) in [5.41, 5.74) is 0.723. The third-order valence-electron chi connectivity index (χ3n) is 8.03. The second-order valence-corrected chi connectivity index (χ2v) is 17.8.